The fourth-order valence-corrected chi connectivity index (χ4v) is 5.55. The van der Waals surface area contributed by atoms with Crippen LogP contribution in [0.25, 0.3) is 22.3 Å². The highest BCUT2D eigenvalue weighted by molar-refractivity contribution is 7.52. The van der Waals surface area contributed by atoms with Crippen molar-refractivity contribution in [1.82, 2.24) is 39.0 Å². The van der Waals surface area contributed by atoms with Gasteiger partial charge in [-0.05, 0) is 6.42 Å². The fourth-order valence-electron chi connectivity index (χ4n) is 4.42. The molecule has 15 nitrogen and oxygen atoms in total. The minimum Gasteiger partial charge on any atom is -0.382 e. The molecular weight excluding hydrogens is 491 g/mol. The summed E-state index contributed by atoms with van der Waals surface area (Å²) in [6.45, 7) is 4.28. The summed E-state index contributed by atoms with van der Waals surface area (Å²) in [6.07, 6.45) is 4.36. The summed E-state index contributed by atoms with van der Waals surface area (Å²) in [5.41, 5.74) is 13.8. The molecule has 0 spiro atoms. The first-order valence-electron chi connectivity index (χ1n) is 11.4. The zero-order valence-electron chi connectivity index (χ0n) is 19.7. The smallest absolute Gasteiger partial charge is 0.353 e. The van der Waals surface area contributed by atoms with Crippen molar-refractivity contribution in [3.63, 3.8) is 0 Å². The molecule has 16 heteroatoms. The van der Waals surface area contributed by atoms with E-state index in [9.17, 15) is 9.46 Å². The molecule has 4 aromatic heterocycles. The van der Waals surface area contributed by atoms with Crippen molar-refractivity contribution >= 4 is 41.6 Å². The monoisotopic (exact) mass is 518 g/mol. The van der Waals surface area contributed by atoms with Gasteiger partial charge < -0.3 is 34.9 Å². The number of anilines is 2. The van der Waals surface area contributed by atoms with Gasteiger partial charge in [0.25, 0.3) is 0 Å². The van der Waals surface area contributed by atoms with E-state index in [1.54, 1.807) is 21.8 Å². The Kier molecular flexibility index (Phi) is 6.57. The second kappa shape index (κ2) is 9.67. The van der Waals surface area contributed by atoms with Crippen molar-refractivity contribution in [2.75, 3.05) is 24.4 Å². The van der Waals surface area contributed by atoms with Crippen LogP contribution in [0.1, 0.15) is 26.5 Å². The minimum atomic E-state index is -4.10. The van der Waals surface area contributed by atoms with Crippen molar-refractivity contribution in [2.24, 2.45) is 5.92 Å². The Morgan fingerprint density at radius 2 is 1.89 bits per heavy atom. The molecule has 1 fully saturated rings. The van der Waals surface area contributed by atoms with E-state index in [2.05, 4.69) is 29.9 Å². The van der Waals surface area contributed by atoms with Gasteiger partial charge in [0.05, 0.1) is 25.4 Å². The summed E-state index contributed by atoms with van der Waals surface area (Å²) in [5.74, 6) is 0.272. The second-order valence-electron chi connectivity index (χ2n) is 8.53. The molecule has 5 rings (SSSR count). The molecule has 1 aliphatic heterocycles. The van der Waals surface area contributed by atoms with Crippen LogP contribution in [0.2, 0.25) is 0 Å². The van der Waals surface area contributed by atoms with E-state index >= 15 is 0 Å². The Bertz CT molecular complexity index is 1430. The van der Waals surface area contributed by atoms with E-state index in [0.29, 0.717) is 41.1 Å². The lowest BCUT2D eigenvalue weighted by Gasteiger charge is -2.24. The first-order chi connectivity index (χ1) is 17.3. The summed E-state index contributed by atoms with van der Waals surface area (Å²) >= 11 is 0. The SMILES string of the molecule is CC[C@H]1O[C@@H](n2cnc3c(N)ncnc32)C(C)[C@H]1OP(=O)(O)COCCn1cnc2ncnc(N)c21. The zero-order valence-corrected chi connectivity index (χ0v) is 20.6. The maximum absolute atomic E-state index is 12.9. The fraction of sp³-hybridized carbons (Fsp3) is 0.500. The average Bonchev–Trinajstić information content (AvgIpc) is 3.54. The Balaban J connectivity index is 1.22. The molecule has 1 aliphatic rings. The number of aromatic nitrogens is 8. The quantitative estimate of drug-likeness (QED) is 0.211. The molecule has 0 aromatic carbocycles. The first kappa shape index (κ1) is 24.5. The van der Waals surface area contributed by atoms with Crippen molar-refractivity contribution in [1.29, 1.82) is 0 Å². The molecule has 192 valence electrons. The maximum Gasteiger partial charge on any atom is 0.353 e. The molecule has 5 heterocycles. The Hall–Kier alpha value is -3.23. The van der Waals surface area contributed by atoms with E-state index in [-0.39, 0.29) is 18.3 Å². The summed E-state index contributed by atoms with van der Waals surface area (Å²) < 4.78 is 33.8. The van der Waals surface area contributed by atoms with Gasteiger partial charge in [-0.3, -0.25) is 9.13 Å². The summed E-state index contributed by atoms with van der Waals surface area (Å²) in [4.78, 5) is 35.2. The summed E-state index contributed by atoms with van der Waals surface area (Å²) in [7, 11) is -4.10. The molecule has 0 bridgehead atoms. The normalized spacial score (nSPS) is 24.0. The minimum absolute atomic E-state index is 0.131. The Morgan fingerprint density at radius 1 is 1.11 bits per heavy atom. The highest BCUT2D eigenvalue weighted by atomic mass is 31.2. The number of nitrogens with two attached hydrogens (primary N) is 2. The molecule has 4 aromatic rings. The van der Waals surface area contributed by atoms with E-state index in [0.717, 1.165) is 0 Å². The van der Waals surface area contributed by atoms with E-state index in [1.807, 2.05) is 13.8 Å². The number of imidazole rings is 2. The van der Waals surface area contributed by atoms with Gasteiger partial charge in [-0.1, -0.05) is 13.8 Å². The van der Waals surface area contributed by atoms with Crippen molar-refractivity contribution in [3.05, 3.63) is 25.3 Å². The topological polar surface area (TPSA) is 204 Å². The van der Waals surface area contributed by atoms with Crippen LogP contribution in [0.4, 0.5) is 11.6 Å². The van der Waals surface area contributed by atoms with E-state index in [4.69, 9.17) is 25.5 Å². The van der Waals surface area contributed by atoms with Crippen molar-refractivity contribution in [2.45, 2.75) is 45.2 Å². The van der Waals surface area contributed by atoms with Crippen LogP contribution in [0.15, 0.2) is 25.3 Å². The molecule has 1 saturated heterocycles. The lowest BCUT2D eigenvalue weighted by atomic mass is 10.0. The molecule has 0 amide bonds. The number of nitrogen functional groups attached to an aromatic ring is 2. The third-order valence-corrected chi connectivity index (χ3v) is 7.25. The van der Waals surface area contributed by atoms with Crippen LogP contribution in [-0.4, -0.2) is 69.1 Å². The number of rotatable bonds is 9. The lowest BCUT2D eigenvalue weighted by Crippen LogP contribution is -2.28. The number of fused-ring (bicyclic) bond motifs is 2. The van der Waals surface area contributed by atoms with Gasteiger partial charge in [0, 0.05) is 12.5 Å². The Labute approximate surface area is 205 Å². The first-order valence-corrected chi connectivity index (χ1v) is 13.1. The van der Waals surface area contributed by atoms with Gasteiger partial charge in [-0.15, -0.1) is 0 Å². The third kappa shape index (κ3) is 4.51. The molecule has 0 saturated carbocycles. The maximum atomic E-state index is 12.9. The number of nitrogens with zero attached hydrogens (tertiary/aromatic N) is 8. The van der Waals surface area contributed by atoms with Crippen LogP contribution in [0, 0.1) is 5.92 Å². The predicted octanol–water partition coefficient (Wildman–Crippen LogP) is 1.32. The number of hydrogen-bond acceptors (Lipinski definition) is 12. The lowest BCUT2D eigenvalue weighted by molar-refractivity contribution is -0.0199. The molecule has 5 atom stereocenters. The van der Waals surface area contributed by atoms with Gasteiger partial charge in [0.1, 0.15) is 42.4 Å². The Morgan fingerprint density at radius 3 is 2.69 bits per heavy atom. The highest BCUT2D eigenvalue weighted by Gasteiger charge is 2.46. The van der Waals surface area contributed by atoms with Gasteiger partial charge in [0.2, 0.25) is 0 Å². The molecule has 0 radical (unpaired) electrons. The van der Waals surface area contributed by atoms with Gasteiger partial charge >= 0.3 is 7.60 Å². The van der Waals surface area contributed by atoms with Crippen molar-refractivity contribution in [3.8, 4) is 0 Å². The van der Waals surface area contributed by atoms with Crippen LogP contribution >= 0.6 is 7.60 Å². The second-order valence-corrected chi connectivity index (χ2v) is 10.3. The van der Waals surface area contributed by atoms with E-state index < -0.39 is 32.4 Å². The summed E-state index contributed by atoms with van der Waals surface area (Å²) in [6, 6.07) is 0. The largest absolute Gasteiger partial charge is 0.382 e. The van der Waals surface area contributed by atoms with Crippen LogP contribution in [-0.2, 0) is 25.1 Å². The molecule has 0 aliphatic carbocycles. The average molecular weight is 518 g/mol. The number of hydrogen-bond donors (Lipinski definition) is 3. The zero-order chi connectivity index (χ0) is 25.4. The molecular formula is C20H27N10O5P. The molecule has 36 heavy (non-hydrogen) atoms. The van der Waals surface area contributed by atoms with E-state index in [1.165, 1.54) is 12.7 Å². The van der Waals surface area contributed by atoms with Crippen molar-refractivity contribution < 1.29 is 23.5 Å². The number of ether oxygens (including phenoxy) is 2. The standard InChI is InChI=1S/C20H27N10O5P/c1-3-12-15(11(2)20(34-12)30-9-27-13-16(21)23-7-26-19(13)30)35-36(31,32)10-33-5-4-29-8-28-18-14(29)17(22)24-6-25-18/h6-9,11-12,15,20H,3-5,10H2,1-2H3,(H,31,32)(H2,21,23,26)(H2,22,24,25)/t11?,12-,15-,20-/m1/s1. The highest BCUT2D eigenvalue weighted by Crippen LogP contribution is 2.50. The predicted molar refractivity (Wildman–Crippen MR) is 128 cm³/mol. The van der Waals surface area contributed by atoms with Gasteiger partial charge in [-0.25, -0.2) is 29.9 Å². The van der Waals surface area contributed by atoms with Crippen LogP contribution in [0.3, 0.4) is 0 Å². The molecule has 5 N–H and O–H groups in total. The van der Waals surface area contributed by atoms with Gasteiger partial charge in [-0.2, -0.15) is 0 Å². The van der Waals surface area contributed by atoms with Gasteiger partial charge in [0.15, 0.2) is 22.9 Å². The summed E-state index contributed by atoms with van der Waals surface area (Å²) in [5, 5.41) is 0. The third-order valence-electron chi connectivity index (χ3n) is 6.17. The van der Waals surface area contributed by atoms with Crippen LogP contribution < -0.4 is 11.5 Å². The molecule has 2 unspecified atom stereocenters. The van der Waals surface area contributed by atoms with Crippen LogP contribution in [0.5, 0.6) is 0 Å².